The molecule has 2 atom stereocenters. The van der Waals surface area contributed by atoms with Gasteiger partial charge in [-0.1, -0.05) is 63.2 Å². The molecule has 0 aliphatic carbocycles. The molecule has 2 unspecified atom stereocenters. The fraction of sp³-hybridized carbons (Fsp3) is 0.368. The summed E-state index contributed by atoms with van der Waals surface area (Å²) in [6.07, 6.45) is 2.15. The van der Waals surface area contributed by atoms with Gasteiger partial charge in [0.1, 0.15) is 0 Å². The van der Waals surface area contributed by atoms with Crippen molar-refractivity contribution in [1.82, 2.24) is 0 Å². The minimum absolute atomic E-state index is 0.134. The highest BCUT2D eigenvalue weighted by atomic mass is 14.6. The topological polar surface area (TPSA) is 26.0 Å². The Morgan fingerprint density at radius 1 is 0.850 bits per heavy atom. The van der Waals surface area contributed by atoms with Gasteiger partial charge in [0.25, 0.3) is 0 Å². The molecular weight excluding hydrogens is 242 g/mol. The Hall–Kier alpha value is -1.60. The van der Waals surface area contributed by atoms with E-state index in [0.717, 1.165) is 6.42 Å². The Morgan fingerprint density at radius 3 is 2.15 bits per heavy atom. The van der Waals surface area contributed by atoms with E-state index in [1.54, 1.807) is 0 Å². The number of rotatable bonds is 5. The highest BCUT2D eigenvalue weighted by Gasteiger charge is 2.06. The largest absolute Gasteiger partial charge is 0.324 e. The molecule has 0 bridgehead atoms. The summed E-state index contributed by atoms with van der Waals surface area (Å²) < 4.78 is 0. The van der Waals surface area contributed by atoms with Crippen LogP contribution in [0.25, 0.3) is 11.1 Å². The lowest BCUT2D eigenvalue weighted by Gasteiger charge is -2.12. The minimum Gasteiger partial charge on any atom is -0.324 e. The van der Waals surface area contributed by atoms with Crippen LogP contribution in [-0.2, 0) is 0 Å². The first-order valence-corrected chi connectivity index (χ1v) is 7.61. The van der Waals surface area contributed by atoms with Crippen molar-refractivity contribution in [3.63, 3.8) is 0 Å². The summed E-state index contributed by atoms with van der Waals surface area (Å²) in [5.41, 5.74) is 11.3. The minimum atomic E-state index is 0.134. The van der Waals surface area contributed by atoms with Gasteiger partial charge in [-0.15, -0.1) is 0 Å². The average Bonchev–Trinajstić information content (AvgIpc) is 2.53. The van der Waals surface area contributed by atoms with Crippen molar-refractivity contribution < 1.29 is 0 Å². The van der Waals surface area contributed by atoms with Crippen molar-refractivity contribution in [2.45, 2.75) is 45.6 Å². The first kappa shape index (κ1) is 14.8. The van der Waals surface area contributed by atoms with Gasteiger partial charge in [-0.05, 0) is 47.1 Å². The first-order valence-electron chi connectivity index (χ1n) is 7.61. The van der Waals surface area contributed by atoms with Gasteiger partial charge in [-0.2, -0.15) is 0 Å². The lowest BCUT2D eigenvalue weighted by atomic mass is 9.94. The fourth-order valence-electron chi connectivity index (χ4n) is 2.42. The van der Waals surface area contributed by atoms with Crippen LogP contribution in [0.5, 0.6) is 0 Å². The van der Waals surface area contributed by atoms with E-state index in [2.05, 4.69) is 69.3 Å². The molecule has 0 saturated carbocycles. The second-order valence-corrected chi connectivity index (χ2v) is 5.57. The summed E-state index contributed by atoms with van der Waals surface area (Å²) in [5, 5.41) is 0. The predicted octanol–water partition coefficient (Wildman–Crippen LogP) is 5.28. The highest BCUT2D eigenvalue weighted by Crippen LogP contribution is 2.26. The van der Waals surface area contributed by atoms with Crippen molar-refractivity contribution in [2.75, 3.05) is 0 Å². The van der Waals surface area contributed by atoms with E-state index in [-0.39, 0.29) is 6.04 Å². The summed E-state index contributed by atoms with van der Waals surface area (Å²) in [5.74, 6) is 0.629. The molecule has 0 heterocycles. The van der Waals surface area contributed by atoms with E-state index >= 15 is 0 Å². The van der Waals surface area contributed by atoms with Crippen LogP contribution in [0.4, 0.5) is 0 Å². The lowest BCUT2D eigenvalue weighted by molar-refractivity contribution is 0.699. The van der Waals surface area contributed by atoms with Crippen LogP contribution in [0, 0.1) is 0 Å². The van der Waals surface area contributed by atoms with Crippen molar-refractivity contribution in [2.24, 2.45) is 5.73 Å². The van der Waals surface area contributed by atoms with Gasteiger partial charge in [0.2, 0.25) is 0 Å². The summed E-state index contributed by atoms with van der Waals surface area (Å²) in [4.78, 5) is 0. The quantitative estimate of drug-likeness (QED) is 0.784. The molecule has 106 valence electrons. The van der Waals surface area contributed by atoms with Crippen LogP contribution in [0.2, 0.25) is 0 Å². The van der Waals surface area contributed by atoms with Crippen LogP contribution >= 0.6 is 0 Å². The van der Waals surface area contributed by atoms with E-state index in [9.17, 15) is 0 Å². The molecule has 20 heavy (non-hydrogen) atoms. The maximum atomic E-state index is 6.12. The van der Waals surface area contributed by atoms with Gasteiger partial charge >= 0.3 is 0 Å². The standard InChI is InChI=1S/C19H25N/c1-4-14(3)15-9-11-16(12-10-15)17-7-6-8-18(13-17)19(20)5-2/h6-14,19H,4-5,20H2,1-3H3. The Morgan fingerprint density at radius 2 is 1.55 bits per heavy atom. The molecule has 1 heteroatoms. The summed E-state index contributed by atoms with van der Waals surface area (Å²) in [6, 6.07) is 17.7. The summed E-state index contributed by atoms with van der Waals surface area (Å²) >= 11 is 0. The van der Waals surface area contributed by atoms with Crippen molar-refractivity contribution in [3.05, 3.63) is 59.7 Å². The van der Waals surface area contributed by atoms with Gasteiger partial charge in [0.15, 0.2) is 0 Å². The van der Waals surface area contributed by atoms with E-state index < -0.39 is 0 Å². The molecule has 0 aromatic heterocycles. The Labute approximate surface area is 122 Å². The van der Waals surface area contributed by atoms with Gasteiger partial charge < -0.3 is 5.73 Å². The maximum Gasteiger partial charge on any atom is 0.0292 e. The van der Waals surface area contributed by atoms with Gasteiger partial charge in [0.05, 0.1) is 0 Å². The molecule has 0 aliphatic heterocycles. The third-order valence-electron chi connectivity index (χ3n) is 4.18. The Balaban J connectivity index is 2.27. The molecule has 1 nitrogen and oxygen atoms in total. The summed E-state index contributed by atoms with van der Waals surface area (Å²) in [7, 11) is 0. The van der Waals surface area contributed by atoms with E-state index in [0.29, 0.717) is 5.92 Å². The zero-order valence-corrected chi connectivity index (χ0v) is 12.8. The van der Waals surface area contributed by atoms with E-state index in [1.165, 1.54) is 28.7 Å². The van der Waals surface area contributed by atoms with Crippen LogP contribution in [0.3, 0.4) is 0 Å². The molecule has 0 fully saturated rings. The first-order chi connectivity index (χ1) is 9.65. The van der Waals surface area contributed by atoms with Crippen LogP contribution < -0.4 is 5.73 Å². The smallest absolute Gasteiger partial charge is 0.0292 e. The Bertz CT molecular complexity index is 542. The second kappa shape index (κ2) is 6.71. The van der Waals surface area contributed by atoms with Gasteiger partial charge in [-0.25, -0.2) is 0 Å². The molecule has 2 N–H and O–H groups in total. The SMILES string of the molecule is CCC(C)c1ccc(-c2cccc(C(N)CC)c2)cc1. The summed E-state index contributed by atoms with van der Waals surface area (Å²) in [6.45, 7) is 6.63. The Kier molecular flexibility index (Phi) is 4.97. The van der Waals surface area contributed by atoms with E-state index in [4.69, 9.17) is 5.73 Å². The van der Waals surface area contributed by atoms with Crippen LogP contribution in [0.15, 0.2) is 48.5 Å². The molecule has 2 rings (SSSR count). The highest BCUT2D eigenvalue weighted by molar-refractivity contribution is 5.64. The third kappa shape index (κ3) is 3.29. The third-order valence-corrected chi connectivity index (χ3v) is 4.18. The molecule has 0 radical (unpaired) electrons. The van der Waals surface area contributed by atoms with E-state index in [1.807, 2.05) is 0 Å². The molecule has 2 aromatic rings. The number of nitrogens with two attached hydrogens (primary N) is 1. The van der Waals surface area contributed by atoms with Crippen molar-refractivity contribution in [3.8, 4) is 11.1 Å². The van der Waals surface area contributed by atoms with Crippen LogP contribution in [0.1, 0.15) is 56.7 Å². The monoisotopic (exact) mass is 267 g/mol. The molecule has 0 spiro atoms. The number of hydrogen-bond donors (Lipinski definition) is 1. The molecule has 0 aliphatic rings. The zero-order chi connectivity index (χ0) is 14.5. The molecular formula is C19H25N. The fourth-order valence-corrected chi connectivity index (χ4v) is 2.42. The zero-order valence-electron chi connectivity index (χ0n) is 12.8. The number of hydrogen-bond acceptors (Lipinski definition) is 1. The molecule has 0 amide bonds. The number of benzene rings is 2. The average molecular weight is 267 g/mol. The predicted molar refractivity (Wildman–Crippen MR) is 87.8 cm³/mol. The molecule has 0 saturated heterocycles. The maximum absolute atomic E-state index is 6.12. The van der Waals surface area contributed by atoms with Crippen LogP contribution in [-0.4, -0.2) is 0 Å². The second-order valence-electron chi connectivity index (χ2n) is 5.57. The molecule has 2 aromatic carbocycles. The van der Waals surface area contributed by atoms with Crippen molar-refractivity contribution >= 4 is 0 Å². The normalized spacial score (nSPS) is 14.0. The van der Waals surface area contributed by atoms with Crippen molar-refractivity contribution in [1.29, 1.82) is 0 Å². The van der Waals surface area contributed by atoms with Gasteiger partial charge in [-0.3, -0.25) is 0 Å². The lowest BCUT2D eigenvalue weighted by Crippen LogP contribution is -2.08. The van der Waals surface area contributed by atoms with Gasteiger partial charge in [0, 0.05) is 6.04 Å².